The van der Waals surface area contributed by atoms with Gasteiger partial charge in [-0.25, -0.2) is 14.2 Å². The number of rotatable bonds is 4. The Balaban J connectivity index is 1.90. The quantitative estimate of drug-likeness (QED) is 0.904. The first-order valence-electron chi connectivity index (χ1n) is 6.70. The van der Waals surface area contributed by atoms with Crippen molar-refractivity contribution < 1.29 is 9.18 Å². The van der Waals surface area contributed by atoms with Crippen molar-refractivity contribution in [3.63, 3.8) is 0 Å². The van der Waals surface area contributed by atoms with Gasteiger partial charge in [0, 0.05) is 11.1 Å². The van der Waals surface area contributed by atoms with Crippen molar-refractivity contribution in [2.45, 2.75) is 32.9 Å². The van der Waals surface area contributed by atoms with Crippen molar-refractivity contribution in [3.8, 4) is 0 Å². The Morgan fingerprint density at radius 2 is 1.81 bits per heavy atom. The summed E-state index contributed by atoms with van der Waals surface area (Å²) in [6, 6.07) is 5.54. The highest BCUT2D eigenvalue weighted by Crippen LogP contribution is 2.20. The van der Waals surface area contributed by atoms with Crippen LogP contribution in [0.1, 0.15) is 41.4 Å². The highest BCUT2D eigenvalue weighted by molar-refractivity contribution is 7.11. The lowest BCUT2D eigenvalue weighted by molar-refractivity contribution is 0.235. The van der Waals surface area contributed by atoms with E-state index in [0.29, 0.717) is 0 Å². The number of carbonyl (C=O) groups is 1. The third-order valence-electron chi connectivity index (χ3n) is 3.13. The van der Waals surface area contributed by atoms with Crippen molar-refractivity contribution >= 4 is 17.4 Å². The van der Waals surface area contributed by atoms with Gasteiger partial charge < -0.3 is 10.6 Å². The van der Waals surface area contributed by atoms with Gasteiger partial charge in [-0.1, -0.05) is 12.1 Å². The van der Waals surface area contributed by atoms with Crippen LogP contribution < -0.4 is 10.6 Å². The molecule has 2 amide bonds. The van der Waals surface area contributed by atoms with E-state index in [1.165, 1.54) is 12.1 Å². The molecule has 0 saturated heterocycles. The average molecular weight is 307 g/mol. The van der Waals surface area contributed by atoms with Crippen LogP contribution in [0.2, 0.25) is 0 Å². The molecule has 2 aromatic rings. The second-order valence-electron chi connectivity index (χ2n) is 4.89. The van der Waals surface area contributed by atoms with E-state index in [2.05, 4.69) is 15.6 Å². The van der Waals surface area contributed by atoms with E-state index in [1.807, 2.05) is 20.8 Å². The molecule has 0 aliphatic heterocycles. The molecule has 0 aliphatic rings. The fourth-order valence-electron chi connectivity index (χ4n) is 1.92. The molecule has 112 valence electrons. The Bertz CT molecular complexity index is 612. The molecule has 0 radical (unpaired) electrons. The molecule has 2 rings (SSSR count). The Labute approximate surface area is 127 Å². The van der Waals surface area contributed by atoms with Gasteiger partial charge >= 0.3 is 6.03 Å². The number of aryl methyl sites for hydroxylation is 1. The standard InChI is InChI=1S/C15H18FN3OS/c1-9(12-4-6-13(16)7-5-12)18-15(20)19-10(2)14-8-17-11(3)21-14/h4-10H,1-3H3,(H2,18,19,20)/t9-,10?/m1/s1. The number of amides is 2. The summed E-state index contributed by atoms with van der Waals surface area (Å²) in [5.74, 6) is -0.287. The number of halogens is 1. The molecule has 0 saturated carbocycles. The minimum Gasteiger partial charge on any atom is -0.332 e. The van der Waals surface area contributed by atoms with E-state index in [9.17, 15) is 9.18 Å². The van der Waals surface area contributed by atoms with Gasteiger partial charge in [-0.05, 0) is 38.5 Å². The molecule has 0 fully saturated rings. The van der Waals surface area contributed by atoms with Crippen LogP contribution in [-0.4, -0.2) is 11.0 Å². The average Bonchev–Trinajstić information content (AvgIpc) is 2.86. The number of nitrogens with one attached hydrogen (secondary N) is 2. The monoisotopic (exact) mass is 307 g/mol. The Kier molecular flexibility index (Phi) is 4.90. The third kappa shape index (κ3) is 4.26. The third-order valence-corrected chi connectivity index (χ3v) is 4.23. The van der Waals surface area contributed by atoms with Gasteiger partial charge in [-0.15, -0.1) is 11.3 Å². The predicted octanol–water partition coefficient (Wildman–Crippen LogP) is 3.71. The molecule has 21 heavy (non-hydrogen) atoms. The van der Waals surface area contributed by atoms with E-state index in [4.69, 9.17) is 0 Å². The van der Waals surface area contributed by atoms with Crippen LogP contribution in [0.15, 0.2) is 30.5 Å². The molecule has 0 aliphatic carbocycles. The lowest BCUT2D eigenvalue weighted by Gasteiger charge is -2.17. The molecule has 1 aromatic carbocycles. The van der Waals surface area contributed by atoms with Gasteiger partial charge in [-0.2, -0.15) is 0 Å². The van der Waals surface area contributed by atoms with Crippen LogP contribution >= 0.6 is 11.3 Å². The van der Waals surface area contributed by atoms with Crippen molar-refractivity contribution in [2.24, 2.45) is 0 Å². The maximum absolute atomic E-state index is 12.9. The van der Waals surface area contributed by atoms with Gasteiger partial charge in [0.2, 0.25) is 0 Å². The lowest BCUT2D eigenvalue weighted by Crippen LogP contribution is -2.38. The summed E-state index contributed by atoms with van der Waals surface area (Å²) in [5, 5.41) is 6.67. The van der Waals surface area contributed by atoms with Gasteiger partial charge in [0.25, 0.3) is 0 Å². The minimum absolute atomic E-state index is 0.100. The highest BCUT2D eigenvalue weighted by Gasteiger charge is 2.14. The van der Waals surface area contributed by atoms with Gasteiger partial charge in [0.1, 0.15) is 5.82 Å². The predicted molar refractivity (Wildman–Crippen MR) is 81.7 cm³/mol. The summed E-state index contributed by atoms with van der Waals surface area (Å²) in [6.45, 7) is 5.70. The number of urea groups is 1. The molecule has 1 heterocycles. The zero-order valence-corrected chi connectivity index (χ0v) is 13.0. The summed E-state index contributed by atoms with van der Waals surface area (Å²) >= 11 is 1.56. The second kappa shape index (κ2) is 6.67. The fourth-order valence-corrected chi connectivity index (χ4v) is 2.71. The second-order valence-corrected chi connectivity index (χ2v) is 6.16. The molecule has 1 aromatic heterocycles. The summed E-state index contributed by atoms with van der Waals surface area (Å²) in [6.07, 6.45) is 1.77. The molecule has 4 nitrogen and oxygen atoms in total. The summed E-state index contributed by atoms with van der Waals surface area (Å²) in [4.78, 5) is 17.2. The molecule has 0 bridgehead atoms. The Hall–Kier alpha value is -1.95. The lowest BCUT2D eigenvalue weighted by atomic mass is 10.1. The first kappa shape index (κ1) is 15.4. The van der Waals surface area contributed by atoms with E-state index < -0.39 is 0 Å². The highest BCUT2D eigenvalue weighted by atomic mass is 32.1. The van der Waals surface area contributed by atoms with Gasteiger partial charge in [0.15, 0.2) is 0 Å². The Morgan fingerprint density at radius 1 is 1.19 bits per heavy atom. The van der Waals surface area contributed by atoms with E-state index in [1.54, 1.807) is 29.7 Å². The van der Waals surface area contributed by atoms with Crippen LogP contribution in [0, 0.1) is 12.7 Å². The zero-order chi connectivity index (χ0) is 15.4. The molecule has 2 atom stereocenters. The molecule has 0 spiro atoms. The summed E-state index contributed by atoms with van der Waals surface area (Å²) < 4.78 is 12.9. The van der Waals surface area contributed by atoms with Crippen LogP contribution in [0.3, 0.4) is 0 Å². The number of carbonyl (C=O) groups excluding carboxylic acids is 1. The molecule has 2 N–H and O–H groups in total. The summed E-state index contributed by atoms with van der Waals surface area (Å²) in [7, 11) is 0. The summed E-state index contributed by atoms with van der Waals surface area (Å²) in [5.41, 5.74) is 0.854. The van der Waals surface area contributed by atoms with Crippen molar-refractivity contribution in [3.05, 3.63) is 51.7 Å². The van der Waals surface area contributed by atoms with E-state index in [-0.39, 0.29) is 23.9 Å². The molecular weight excluding hydrogens is 289 g/mol. The number of hydrogen-bond donors (Lipinski definition) is 2. The number of nitrogens with zero attached hydrogens (tertiary/aromatic N) is 1. The van der Waals surface area contributed by atoms with E-state index >= 15 is 0 Å². The Morgan fingerprint density at radius 3 is 2.38 bits per heavy atom. The normalized spacial score (nSPS) is 13.5. The topological polar surface area (TPSA) is 54.0 Å². The van der Waals surface area contributed by atoms with Crippen LogP contribution in [0.25, 0.3) is 0 Å². The maximum Gasteiger partial charge on any atom is 0.315 e. The van der Waals surface area contributed by atoms with Crippen molar-refractivity contribution in [1.29, 1.82) is 0 Å². The first-order valence-corrected chi connectivity index (χ1v) is 7.52. The van der Waals surface area contributed by atoms with Crippen LogP contribution in [0.4, 0.5) is 9.18 Å². The smallest absolute Gasteiger partial charge is 0.315 e. The molecule has 1 unspecified atom stereocenters. The minimum atomic E-state index is -0.287. The molecule has 6 heteroatoms. The van der Waals surface area contributed by atoms with E-state index in [0.717, 1.165) is 15.4 Å². The number of thiazole rings is 1. The van der Waals surface area contributed by atoms with Gasteiger partial charge in [-0.3, -0.25) is 0 Å². The largest absolute Gasteiger partial charge is 0.332 e. The van der Waals surface area contributed by atoms with Crippen LogP contribution in [0.5, 0.6) is 0 Å². The molecular formula is C15H18FN3OS. The SMILES string of the molecule is Cc1ncc(C(C)NC(=O)N[C@H](C)c2ccc(F)cc2)s1. The van der Waals surface area contributed by atoms with Crippen molar-refractivity contribution in [1.82, 2.24) is 15.6 Å². The fraction of sp³-hybridized carbons (Fsp3) is 0.333. The zero-order valence-electron chi connectivity index (χ0n) is 12.2. The van der Waals surface area contributed by atoms with Crippen molar-refractivity contribution in [2.75, 3.05) is 0 Å². The number of aromatic nitrogens is 1. The van der Waals surface area contributed by atoms with Crippen LogP contribution in [-0.2, 0) is 0 Å². The number of benzene rings is 1. The number of hydrogen-bond acceptors (Lipinski definition) is 3. The van der Waals surface area contributed by atoms with Gasteiger partial charge in [0.05, 0.1) is 17.1 Å². The maximum atomic E-state index is 12.9. The first-order chi connectivity index (χ1) is 9.95.